The minimum Gasteiger partial charge on any atom is -0.480 e. The van der Waals surface area contributed by atoms with Crippen molar-refractivity contribution in [3.8, 4) is 5.75 Å². The first-order valence-corrected chi connectivity index (χ1v) is 10.8. The molecule has 1 aliphatic rings. The van der Waals surface area contributed by atoms with E-state index in [2.05, 4.69) is 0 Å². The number of rotatable bonds is 8. The van der Waals surface area contributed by atoms with Crippen molar-refractivity contribution >= 4 is 17.9 Å². The highest BCUT2D eigenvalue weighted by Gasteiger charge is 2.49. The average molecular weight is 457 g/mol. The van der Waals surface area contributed by atoms with Crippen molar-refractivity contribution in [2.24, 2.45) is 5.73 Å². The molecule has 1 fully saturated rings. The largest absolute Gasteiger partial charge is 0.480 e. The smallest absolute Gasteiger partial charge is 0.320 e. The molecule has 3 aromatic rings. The zero-order valence-corrected chi connectivity index (χ0v) is 17.9. The van der Waals surface area contributed by atoms with Gasteiger partial charge in [-0.25, -0.2) is 13.1 Å². The van der Waals surface area contributed by atoms with Gasteiger partial charge in [-0.15, -0.1) is 0 Å². The van der Waals surface area contributed by atoms with Crippen molar-refractivity contribution in [2.45, 2.75) is 23.0 Å². The van der Waals surface area contributed by atoms with Crippen LogP contribution in [0.5, 0.6) is 5.75 Å². The Morgan fingerprint density at radius 3 is 2.56 bits per heavy atom. The number of aliphatic carboxylic acids is 1. The third-order valence-corrected chi connectivity index (χ3v) is 6.22. The summed E-state index contributed by atoms with van der Waals surface area (Å²) in [5.74, 6) is -1.51. The van der Waals surface area contributed by atoms with Gasteiger partial charge < -0.3 is 15.6 Å². The van der Waals surface area contributed by atoms with Crippen LogP contribution in [0.3, 0.4) is 0 Å². The molecule has 0 spiro atoms. The monoisotopic (exact) mass is 456 g/mol. The molecule has 1 atom stereocenters. The van der Waals surface area contributed by atoms with E-state index in [-0.39, 0.29) is 12.2 Å². The van der Waals surface area contributed by atoms with Gasteiger partial charge in [0, 0.05) is 16.5 Å². The molecule has 0 aromatic heterocycles. The second kappa shape index (κ2) is 9.28. The van der Waals surface area contributed by atoms with Crippen LogP contribution < -0.4 is 10.5 Å². The van der Waals surface area contributed by atoms with E-state index in [1.54, 1.807) is 30.3 Å². The summed E-state index contributed by atoms with van der Waals surface area (Å²) in [6.45, 7) is 0.766. The Balaban J connectivity index is 1.51. The summed E-state index contributed by atoms with van der Waals surface area (Å²) in [4.78, 5) is 11.9. The van der Waals surface area contributed by atoms with Crippen molar-refractivity contribution in [2.75, 3.05) is 13.1 Å². The van der Waals surface area contributed by atoms with E-state index < -0.39 is 23.4 Å². The Morgan fingerprint density at radius 2 is 1.84 bits per heavy atom. The molecule has 0 unspecified atom stereocenters. The van der Waals surface area contributed by atoms with Gasteiger partial charge in [0.2, 0.25) is 0 Å². The minimum atomic E-state index is -1.05. The zero-order valence-electron chi connectivity index (χ0n) is 17.1. The maximum Gasteiger partial charge on any atom is 0.320 e. The van der Waals surface area contributed by atoms with Crippen molar-refractivity contribution in [3.63, 3.8) is 0 Å². The third kappa shape index (κ3) is 4.93. The molecule has 3 N–H and O–H groups in total. The lowest BCUT2D eigenvalue weighted by atomic mass is 9.87. The number of halogens is 2. The molecule has 0 bridgehead atoms. The van der Waals surface area contributed by atoms with E-state index in [0.29, 0.717) is 24.4 Å². The van der Waals surface area contributed by atoms with Gasteiger partial charge in [0.15, 0.2) is 5.60 Å². The molecule has 5 nitrogen and oxygen atoms in total. The normalized spacial score (nSPS) is 16.2. The zero-order chi connectivity index (χ0) is 22.7. The molecule has 166 valence electrons. The number of benzene rings is 3. The molecule has 0 amide bonds. The highest BCUT2D eigenvalue weighted by molar-refractivity contribution is 7.97. The highest BCUT2D eigenvalue weighted by atomic mass is 32.2. The molecule has 32 heavy (non-hydrogen) atoms. The van der Waals surface area contributed by atoms with E-state index >= 15 is 0 Å². The van der Waals surface area contributed by atoms with Crippen LogP contribution in [0, 0.1) is 11.6 Å². The fourth-order valence-corrected chi connectivity index (χ4v) is 4.87. The molecule has 0 radical (unpaired) electrons. The second-order valence-electron chi connectivity index (χ2n) is 7.72. The lowest BCUT2D eigenvalue weighted by molar-refractivity contribution is -0.138. The molecular weight excluding hydrogens is 434 g/mol. The predicted octanol–water partition coefficient (Wildman–Crippen LogP) is 4.22. The van der Waals surface area contributed by atoms with Crippen LogP contribution in [-0.2, 0) is 16.8 Å². The Bertz CT molecular complexity index is 1120. The number of nitrogens with two attached hydrogens (primary N) is 1. The Hall–Kier alpha value is -2.94. The van der Waals surface area contributed by atoms with E-state index in [0.717, 1.165) is 10.5 Å². The molecule has 8 heteroatoms. The van der Waals surface area contributed by atoms with Crippen LogP contribution >= 0.6 is 11.9 Å². The summed E-state index contributed by atoms with van der Waals surface area (Å²) in [5, 5.41) is 9.03. The van der Waals surface area contributed by atoms with Gasteiger partial charge in [-0.3, -0.25) is 4.79 Å². The van der Waals surface area contributed by atoms with Crippen molar-refractivity contribution in [3.05, 3.63) is 95.6 Å². The summed E-state index contributed by atoms with van der Waals surface area (Å²) in [7, 11) is 0. The fraction of sp³-hybridized carbons (Fsp3) is 0.208. The number of nitrogens with zero attached hydrogens (tertiary/aromatic N) is 1. The van der Waals surface area contributed by atoms with Crippen LogP contribution in [0.2, 0.25) is 0 Å². The molecule has 3 aromatic carbocycles. The second-order valence-corrected chi connectivity index (χ2v) is 8.89. The van der Waals surface area contributed by atoms with Gasteiger partial charge in [0.05, 0.1) is 13.1 Å². The maximum absolute atomic E-state index is 14.6. The Labute approximate surface area is 188 Å². The first-order chi connectivity index (χ1) is 15.3. The van der Waals surface area contributed by atoms with E-state index in [1.807, 2.05) is 28.6 Å². The van der Waals surface area contributed by atoms with Gasteiger partial charge in [-0.2, -0.15) is 0 Å². The summed E-state index contributed by atoms with van der Waals surface area (Å²) >= 11 is 1.47. The van der Waals surface area contributed by atoms with Crippen molar-refractivity contribution < 1.29 is 23.4 Å². The van der Waals surface area contributed by atoms with Gasteiger partial charge in [-0.1, -0.05) is 36.4 Å². The Kier molecular flexibility index (Phi) is 6.45. The molecule has 1 saturated heterocycles. The molecule has 1 aliphatic heterocycles. The third-order valence-electron chi connectivity index (χ3n) is 5.24. The van der Waals surface area contributed by atoms with Gasteiger partial charge in [0.1, 0.15) is 23.4 Å². The summed E-state index contributed by atoms with van der Waals surface area (Å²) in [6, 6.07) is 18.8. The summed E-state index contributed by atoms with van der Waals surface area (Å²) in [5.41, 5.74) is 5.93. The quantitative estimate of drug-likeness (QED) is 0.495. The lowest BCUT2D eigenvalue weighted by Gasteiger charge is -2.49. The molecule has 0 aliphatic carbocycles. The van der Waals surface area contributed by atoms with E-state index in [4.69, 9.17) is 15.6 Å². The van der Waals surface area contributed by atoms with Crippen LogP contribution in [0.25, 0.3) is 0 Å². The van der Waals surface area contributed by atoms with E-state index in [9.17, 15) is 13.6 Å². The van der Waals surface area contributed by atoms with Crippen molar-refractivity contribution in [1.29, 1.82) is 0 Å². The van der Waals surface area contributed by atoms with Crippen LogP contribution in [0.15, 0.2) is 77.7 Å². The lowest BCUT2D eigenvalue weighted by Crippen LogP contribution is -2.60. The molecular formula is C24H22F2N2O3S. The van der Waals surface area contributed by atoms with Crippen LogP contribution in [0.4, 0.5) is 8.78 Å². The molecule has 4 rings (SSSR count). The molecule has 0 saturated carbocycles. The first-order valence-electron chi connectivity index (χ1n) is 10.0. The number of ether oxygens (including phenoxy) is 1. The first kappa shape index (κ1) is 22.3. The maximum atomic E-state index is 14.6. The topological polar surface area (TPSA) is 75.8 Å². The number of hydrogen-bond acceptors (Lipinski definition) is 5. The minimum absolute atomic E-state index is 0.228. The molecule has 1 heterocycles. The fourth-order valence-electron chi connectivity index (χ4n) is 3.68. The number of hydrogen-bond donors (Lipinski definition) is 2. The Morgan fingerprint density at radius 1 is 1.09 bits per heavy atom. The summed E-state index contributed by atoms with van der Waals surface area (Å²) < 4.78 is 36.5. The average Bonchev–Trinajstić information content (AvgIpc) is 2.72. The van der Waals surface area contributed by atoms with Gasteiger partial charge >= 0.3 is 5.97 Å². The number of carboxylic acids is 1. The van der Waals surface area contributed by atoms with Gasteiger partial charge in [0.25, 0.3) is 0 Å². The SMILES string of the molecule is N[C@@H](Cc1cccc(SN2CC(Oc3cccc(F)c3)(c3ccccc3F)C2)c1)C(=O)O. The highest BCUT2D eigenvalue weighted by Crippen LogP contribution is 2.43. The predicted molar refractivity (Wildman–Crippen MR) is 118 cm³/mol. The van der Waals surface area contributed by atoms with E-state index in [1.165, 1.54) is 30.1 Å². The summed E-state index contributed by atoms with van der Waals surface area (Å²) in [6.07, 6.45) is 0.228. The van der Waals surface area contributed by atoms with Crippen LogP contribution in [0.1, 0.15) is 11.1 Å². The standard InChI is InChI=1S/C24H22F2N2O3S/c25-17-6-4-7-18(13-17)31-24(20-9-1-2-10-21(20)26)14-28(15-24)32-19-8-3-5-16(11-19)12-22(27)23(29)30/h1-11,13,22H,12,14-15,27H2,(H,29,30)/t22-/m0/s1. The number of carboxylic acid groups (broad SMARTS) is 1. The van der Waals surface area contributed by atoms with Crippen LogP contribution in [-0.4, -0.2) is 34.5 Å². The van der Waals surface area contributed by atoms with Gasteiger partial charge in [-0.05, 0) is 54.3 Å². The van der Waals surface area contributed by atoms with Crippen molar-refractivity contribution in [1.82, 2.24) is 4.31 Å². The number of carbonyl (C=O) groups is 1.